The smallest absolute Gasteiger partial charge is 0.309 e. The van der Waals surface area contributed by atoms with Crippen LogP contribution in [0.2, 0.25) is 0 Å². The molecular formula is C5H13N3O. The number of carbonyl (C=O) groups excluding carboxylic acids is 1. The van der Waals surface area contributed by atoms with Gasteiger partial charge in [-0.1, -0.05) is 0 Å². The predicted molar refractivity (Wildman–Crippen MR) is 35.9 cm³/mol. The Labute approximate surface area is 54.6 Å². The third-order valence-corrected chi connectivity index (χ3v) is 0.957. The fraction of sp³-hybridized carbons (Fsp3) is 0.800. The molecule has 1 aliphatic heterocycles. The summed E-state index contributed by atoms with van der Waals surface area (Å²) in [6.07, 6.45) is 2.78. The lowest BCUT2D eigenvalue weighted by molar-refractivity contribution is 0.256. The van der Waals surface area contributed by atoms with Crippen LogP contribution in [0.15, 0.2) is 0 Å². The standard InChI is InChI=1S/C4H9N.CH4N2O/c1-2-4-5-3-1;2-1(3)4/h5H,1-4H2;(H4,2,3,4). The van der Waals surface area contributed by atoms with Crippen molar-refractivity contribution >= 4 is 6.03 Å². The zero-order valence-corrected chi connectivity index (χ0v) is 5.39. The maximum absolute atomic E-state index is 9.00. The predicted octanol–water partition coefficient (Wildman–Crippen LogP) is -0.606. The summed E-state index contributed by atoms with van der Waals surface area (Å²) in [6, 6.07) is -0.833. The van der Waals surface area contributed by atoms with Crippen LogP contribution in [0, 0.1) is 0 Å². The average Bonchev–Trinajstić information content (AvgIpc) is 2.11. The molecule has 1 heterocycles. The van der Waals surface area contributed by atoms with Gasteiger partial charge in [0.25, 0.3) is 0 Å². The third kappa shape index (κ3) is 11.1. The average molecular weight is 131 g/mol. The van der Waals surface area contributed by atoms with Crippen LogP contribution in [-0.4, -0.2) is 19.1 Å². The van der Waals surface area contributed by atoms with Crippen molar-refractivity contribution in [3.8, 4) is 0 Å². The molecule has 0 aromatic carbocycles. The Hall–Kier alpha value is -0.770. The van der Waals surface area contributed by atoms with Crippen molar-refractivity contribution < 1.29 is 4.79 Å². The highest BCUT2D eigenvalue weighted by atomic mass is 16.2. The van der Waals surface area contributed by atoms with Crippen LogP contribution in [0.1, 0.15) is 12.8 Å². The van der Waals surface area contributed by atoms with Gasteiger partial charge in [-0.15, -0.1) is 0 Å². The zero-order chi connectivity index (χ0) is 7.11. The number of rotatable bonds is 0. The summed E-state index contributed by atoms with van der Waals surface area (Å²) in [5, 5.41) is 3.22. The van der Waals surface area contributed by atoms with Gasteiger partial charge in [-0.3, -0.25) is 0 Å². The second-order valence-corrected chi connectivity index (χ2v) is 1.86. The largest absolute Gasteiger partial charge is 0.352 e. The lowest BCUT2D eigenvalue weighted by Gasteiger charge is -1.76. The van der Waals surface area contributed by atoms with Gasteiger partial charge in [-0.25, -0.2) is 4.79 Å². The molecule has 4 nitrogen and oxygen atoms in total. The maximum atomic E-state index is 9.00. The number of hydrogen-bond donors (Lipinski definition) is 3. The molecule has 0 atom stereocenters. The fourth-order valence-electron chi connectivity index (χ4n) is 0.625. The highest BCUT2D eigenvalue weighted by Gasteiger charge is 1.93. The Kier molecular flexibility index (Phi) is 4.91. The number of amides is 2. The van der Waals surface area contributed by atoms with E-state index < -0.39 is 6.03 Å². The van der Waals surface area contributed by atoms with E-state index in [1.807, 2.05) is 0 Å². The number of urea groups is 1. The lowest BCUT2D eigenvalue weighted by atomic mass is 10.4. The van der Waals surface area contributed by atoms with Crippen LogP contribution in [0.5, 0.6) is 0 Å². The molecule has 0 aromatic rings. The van der Waals surface area contributed by atoms with E-state index >= 15 is 0 Å². The van der Waals surface area contributed by atoms with Crippen molar-refractivity contribution in [2.45, 2.75) is 12.8 Å². The van der Waals surface area contributed by atoms with Crippen molar-refractivity contribution in [3.05, 3.63) is 0 Å². The quantitative estimate of drug-likeness (QED) is 0.410. The van der Waals surface area contributed by atoms with Gasteiger partial charge >= 0.3 is 6.03 Å². The molecule has 5 N–H and O–H groups in total. The molecule has 1 saturated heterocycles. The van der Waals surface area contributed by atoms with Crippen molar-refractivity contribution in [2.24, 2.45) is 11.5 Å². The molecule has 1 fully saturated rings. The van der Waals surface area contributed by atoms with Crippen LogP contribution in [-0.2, 0) is 0 Å². The second-order valence-electron chi connectivity index (χ2n) is 1.86. The monoisotopic (exact) mass is 131 g/mol. The van der Waals surface area contributed by atoms with E-state index in [-0.39, 0.29) is 0 Å². The molecule has 0 radical (unpaired) electrons. The van der Waals surface area contributed by atoms with Gasteiger partial charge in [0.15, 0.2) is 0 Å². The molecule has 2 amide bonds. The summed E-state index contributed by atoms with van der Waals surface area (Å²) in [5.74, 6) is 0. The van der Waals surface area contributed by atoms with Crippen molar-refractivity contribution in [1.82, 2.24) is 5.32 Å². The molecule has 0 unspecified atom stereocenters. The Bertz CT molecular complexity index is 68.7. The van der Waals surface area contributed by atoms with Gasteiger partial charge in [-0.2, -0.15) is 0 Å². The summed E-state index contributed by atoms with van der Waals surface area (Å²) >= 11 is 0. The summed E-state index contributed by atoms with van der Waals surface area (Å²) < 4.78 is 0. The van der Waals surface area contributed by atoms with E-state index in [4.69, 9.17) is 4.79 Å². The Morgan fingerprint density at radius 2 is 1.56 bits per heavy atom. The topological polar surface area (TPSA) is 81.1 Å². The molecule has 9 heavy (non-hydrogen) atoms. The molecule has 1 aliphatic rings. The van der Waals surface area contributed by atoms with E-state index in [0.717, 1.165) is 0 Å². The van der Waals surface area contributed by atoms with Crippen molar-refractivity contribution in [3.63, 3.8) is 0 Å². The molecular weight excluding hydrogens is 118 g/mol. The van der Waals surface area contributed by atoms with Crippen LogP contribution in [0.3, 0.4) is 0 Å². The van der Waals surface area contributed by atoms with E-state index in [0.29, 0.717) is 0 Å². The second kappa shape index (κ2) is 5.37. The van der Waals surface area contributed by atoms with Crippen molar-refractivity contribution in [2.75, 3.05) is 13.1 Å². The minimum Gasteiger partial charge on any atom is -0.352 e. The SMILES string of the molecule is C1CCNC1.NC(N)=O. The summed E-state index contributed by atoms with van der Waals surface area (Å²) in [6.45, 7) is 2.50. The van der Waals surface area contributed by atoms with Gasteiger partial charge < -0.3 is 16.8 Å². The van der Waals surface area contributed by atoms with E-state index in [2.05, 4.69) is 16.8 Å². The molecule has 0 saturated carbocycles. The van der Waals surface area contributed by atoms with Gasteiger partial charge in [0.2, 0.25) is 0 Å². The highest BCUT2D eigenvalue weighted by Crippen LogP contribution is 1.90. The number of hydrogen-bond acceptors (Lipinski definition) is 2. The van der Waals surface area contributed by atoms with Crippen LogP contribution >= 0.6 is 0 Å². The molecule has 0 aliphatic carbocycles. The van der Waals surface area contributed by atoms with Gasteiger partial charge in [0, 0.05) is 0 Å². The molecule has 0 bridgehead atoms. The first-order valence-electron chi connectivity index (χ1n) is 2.99. The number of primary amides is 2. The number of carbonyl (C=O) groups is 1. The van der Waals surface area contributed by atoms with E-state index in [1.165, 1.54) is 25.9 Å². The number of nitrogens with two attached hydrogens (primary N) is 2. The minimum atomic E-state index is -0.833. The first kappa shape index (κ1) is 8.23. The van der Waals surface area contributed by atoms with Gasteiger partial charge in [0.1, 0.15) is 0 Å². The van der Waals surface area contributed by atoms with Gasteiger partial charge in [0.05, 0.1) is 0 Å². The maximum Gasteiger partial charge on any atom is 0.309 e. The van der Waals surface area contributed by atoms with Gasteiger partial charge in [-0.05, 0) is 25.9 Å². The van der Waals surface area contributed by atoms with Crippen LogP contribution in [0.25, 0.3) is 0 Å². The van der Waals surface area contributed by atoms with E-state index in [9.17, 15) is 0 Å². The molecule has 54 valence electrons. The zero-order valence-electron chi connectivity index (χ0n) is 5.39. The normalized spacial score (nSPS) is 16.0. The van der Waals surface area contributed by atoms with Crippen LogP contribution in [0.4, 0.5) is 4.79 Å². The molecule has 0 spiro atoms. The Morgan fingerprint density at radius 3 is 1.67 bits per heavy atom. The molecule has 4 heteroatoms. The van der Waals surface area contributed by atoms with E-state index in [1.54, 1.807) is 0 Å². The summed E-state index contributed by atoms with van der Waals surface area (Å²) in [4.78, 5) is 9.00. The molecule has 1 rings (SSSR count). The first-order valence-corrected chi connectivity index (χ1v) is 2.99. The summed E-state index contributed by atoms with van der Waals surface area (Å²) in [7, 11) is 0. The minimum absolute atomic E-state index is 0.833. The van der Waals surface area contributed by atoms with Crippen LogP contribution < -0.4 is 16.8 Å². The lowest BCUT2D eigenvalue weighted by Crippen LogP contribution is -2.18. The molecule has 0 aromatic heterocycles. The Balaban J connectivity index is 0.000000148. The Morgan fingerprint density at radius 1 is 1.22 bits per heavy atom. The third-order valence-electron chi connectivity index (χ3n) is 0.957. The fourth-order valence-corrected chi connectivity index (χ4v) is 0.625. The van der Waals surface area contributed by atoms with Crippen molar-refractivity contribution in [1.29, 1.82) is 0 Å². The highest BCUT2D eigenvalue weighted by molar-refractivity contribution is 5.69. The first-order chi connectivity index (χ1) is 4.23. The number of nitrogens with one attached hydrogen (secondary N) is 1. The summed E-state index contributed by atoms with van der Waals surface area (Å²) in [5.41, 5.74) is 8.50.